The monoisotopic (exact) mass is 222 g/mol. The maximum absolute atomic E-state index is 4.55. The molecule has 0 spiro atoms. The maximum atomic E-state index is 4.55. The minimum atomic E-state index is 0.878. The van der Waals surface area contributed by atoms with Gasteiger partial charge in [-0.3, -0.25) is 4.68 Å². The molecule has 0 aromatic carbocycles. The van der Waals surface area contributed by atoms with Gasteiger partial charge in [-0.25, -0.2) is 4.98 Å². The van der Waals surface area contributed by atoms with E-state index >= 15 is 0 Å². The molecule has 2 rings (SSSR count). The lowest BCUT2D eigenvalue weighted by Crippen LogP contribution is -2.28. The molecule has 1 aromatic heterocycles. The van der Waals surface area contributed by atoms with Crippen molar-refractivity contribution in [2.45, 2.75) is 39.0 Å². The molecule has 1 fully saturated rings. The van der Waals surface area contributed by atoms with Gasteiger partial charge in [0.2, 0.25) is 0 Å². The molecule has 0 bridgehead atoms. The largest absolute Gasteiger partial charge is 0.317 e. The Morgan fingerprint density at radius 3 is 2.75 bits per heavy atom. The van der Waals surface area contributed by atoms with Crippen molar-refractivity contribution < 1.29 is 0 Å². The predicted octanol–water partition coefficient (Wildman–Crippen LogP) is 1.31. The third-order valence-electron chi connectivity index (χ3n) is 3.45. The lowest BCUT2D eigenvalue weighted by Gasteiger charge is -2.22. The number of hydrogen-bond donors (Lipinski definition) is 1. The van der Waals surface area contributed by atoms with Crippen molar-refractivity contribution in [2.75, 3.05) is 13.1 Å². The second kappa shape index (κ2) is 5.43. The summed E-state index contributed by atoms with van der Waals surface area (Å²) in [5.41, 5.74) is 0. The number of aromatic nitrogens is 3. The molecule has 0 amide bonds. The summed E-state index contributed by atoms with van der Waals surface area (Å²) in [6, 6.07) is 0. The van der Waals surface area contributed by atoms with Crippen molar-refractivity contribution in [3.63, 3.8) is 0 Å². The van der Waals surface area contributed by atoms with Crippen molar-refractivity contribution in [1.29, 1.82) is 0 Å². The first-order valence-corrected chi connectivity index (χ1v) is 6.39. The molecule has 1 aliphatic heterocycles. The van der Waals surface area contributed by atoms with Crippen molar-refractivity contribution in [3.05, 3.63) is 11.6 Å². The third-order valence-corrected chi connectivity index (χ3v) is 3.45. The van der Waals surface area contributed by atoms with Gasteiger partial charge >= 0.3 is 0 Å². The highest BCUT2D eigenvalue weighted by molar-refractivity contribution is 4.93. The fourth-order valence-corrected chi connectivity index (χ4v) is 2.35. The highest BCUT2D eigenvalue weighted by Gasteiger charge is 2.14. The predicted molar refractivity (Wildman–Crippen MR) is 64.3 cm³/mol. The number of hydrogen-bond acceptors (Lipinski definition) is 3. The molecule has 1 aliphatic rings. The Hall–Kier alpha value is -0.900. The van der Waals surface area contributed by atoms with Crippen LogP contribution in [0.2, 0.25) is 0 Å². The molecule has 1 N–H and O–H groups in total. The second-order valence-corrected chi connectivity index (χ2v) is 4.65. The average Bonchev–Trinajstić information content (AvgIpc) is 2.69. The van der Waals surface area contributed by atoms with Gasteiger partial charge in [-0.1, -0.05) is 6.92 Å². The molecule has 1 saturated heterocycles. The lowest BCUT2D eigenvalue weighted by atomic mass is 9.93. The molecular weight excluding hydrogens is 200 g/mol. The van der Waals surface area contributed by atoms with Gasteiger partial charge in [-0.05, 0) is 38.3 Å². The van der Waals surface area contributed by atoms with Gasteiger partial charge in [0.1, 0.15) is 5.82 Å². The van der Waals surface area contributed by atoms with E-state index in [0.29, 0.717) is 0 Å². The summed E-state index contributed by atoms with van der Waals surface area (Å²) in [7, 11) is 2.00. The number of rotatable bonds is 4. The normalized spacial score (nSPS) is 17.9. The molecule has 2 heterocycles. The Labute approximate surface area is 97.5 Å². The molecule has 1 aromatic rings. The van der Waals surface area contributed by atoms with Crippen molar-refractivity contribution in [2.24, 2.45) is 13.0 Å². The van der Waals surface area contributed by atoms with Crippen LogP contribution in [0.5, 0.6) is 0 Å². The van der Waals surface area contributed by atoms with E-state index in [0.717, 1.165) is 30.4 Å². The Morgan fingerprint density at radius 2 is 2.12 bits per heavy atom. The van der Waals surface area contributed by atoms with Gasteiger partial charge in [0, 0.05) is 19.9 Å². The van der Waals surface area contributed by atoms with Gasteiger partial charge in [-0.2, -0.15) is 5.10 Å². The van der Waals surface area contributed by atoms with E-state index in [1.165, 1.54) is 32.4 Å². The van der Waals surface area contributed by atoms with Crippen LogP contribution in [-0.2, 0) is 19.9 Å². The minimum absolute atomic E-state index is 0.878. The van der Waals surface area contributed by atoms with Crippen LogP contribution in [0.4, 0.5) is 0 Å². The van der Waals surface area contributed by atoms with Crippen LogP contribution in [0.3, 0.4) is 0 Å². The van der Waals surface area contributed by atoms with Gasteiger partial charge in [0.05, 0.1) is 0 Å². The zero-order valence-electron chi connectivity index (χ0n) is 10.4. The summed E-state index contributed by atoms with van der Waals surface area (Å²) in [5, 5.41) is 7.79. The zero-order valence-corrected chi connectivity index (χ0v) is 10.4. The molecule has 0 unspecified atom stereocenters. The van der Waals surface area contributed by atoms with Crippen LogP contribution >= 0.6 is 0 Å². The molecule has 0 aliphatic carbocycles. The summed E-state index contributed by atoms with van der Waals surface area (Å²) in [6.07, 6.45) is 5.91. The van der Waals surface area contributed by atoms with Crippen molar-refractivity contribution in [3.8, 4) is 0 Å². The van der Waals surface area contributed by atoms with Gasteiger partial charge in [-0.15, -0.1) is 0 Å². The van der Waals surface area contributed by atoms with Gasteiger partial charge in [0.15, 0.2) is 5.82 Å². The fraction of sp³-hybridized carbons (Fsp3) is 0.833. The van der Waals surface area contributed by atoms with E-state index in [4.69, 9.17) is 0 Å². The van der Waals surface area contributed by atoms with Gasteiger partial charge < -0.3 is 5.32 Å². The van der Waals surface area contributed by atoms with E-state index in [1.807, 2.05) is 11.7 Å². The lowest BCUT2D eigenvalue weighted by molar-refractivity contribution is 0.351. The van der Waals surface area contributed by atoms with Crippen LogP contribution in [-0.4, -0.2) is 27.9 Å². The molecule has 4 heteroatoms. The topological polar surface area (TPSA) is 42.7 Å². The molecule has 0 saturated carbocycles. The second-order valence-electron chi connectivity index (χ2n) is 4.65. The number of piperidine rings is 1. The SMILES string of the molecule is CCc1nc(CCC2CCNCC2)n(C)n1. The number of nitrogens with zero attached hydrogens (tertiary/aromatic N) is 3. The van der Waals surface area contributed by atoms with E-state index in [2.05, 4.69) is 22.3 Å². The van der Waals surface area contributed by atoms with Gasteiger partial charge in [0.25, 0.3) is 0 Å². The average molecular weight is 222 g/mol. The quantitative estimate of drug-likeness (QED) is 0.835. The third kappa shape index (κ3) is 2.82. The highest BCUT2D eigenvalue weighted by Crippen LogP contribution is 2.18. The van der Waals surface area contributed by atoms with Crippen LogP contribution in [0.15, 0.2) is 0 Å². The molecule has 16 heavy (non-hydrogen) atoms. The minimum Gasteiger partial charge on any atom is -0.317 e. The van der Waals surface area contributed by atoms with E-state index in [-0.39, 0.29) is 0 Å². The fourth-order valence-electron chi connectivity index (χ4n) is 2.35. The highest BCUT2D eigenvalue weighted by atomic mass is 15.3. The molecule has 90 valence electrons. The summed E-state index contributed by atoms with van der Waals surface area (Å²) < 4.78 is 1.94. The first kappa shape index (κ1) is 11.6. The summed E-state index contributed by atoms with van der Waals surface area (Å²) in [6.45, 7) is 4.47. The van der Waals surface area contributed by atoms with E-state index in [1.54, 1.807) is 0 Å². The Kier molecular flexibility index (Phi) is 3.93. The Bertz CT molecular complexity index is 326. The first-order chi connectivity index (χ1) is 7.79. The maximum Gasteiger partial charge on any atom is 0.150 e. The molecular formula is C12H22N4. The van der Waals surface area contributed by atoms with Crippen LogP contribution in [0.1, 0.15) is 37.8 Å². The zero-order chi connectivity index (χ0) is 11.4. The Morgan fingerprint density at radius 1 is 1.38 bits per heavy atom. The van der Waals surface area contributed by atoms with E-state index < -0.39 is 0 Å². The van der Waals surface area contributed by atoms with Crippen LogP contribution in [0, 0.1) is 5.92 Å². The standard InChI is InChI=1S/C12H22N4/c1-3-11-14-12(16(2)15-11)5-4-10-6-8-13-9-7-10/h10,13H,3-9H2,1-2H3. The first-order valence-electron chi connectivity index (χ1n) is 6.39. The smallest absolute Gasteiger partial charge is 0.150 e. The summed E-state index contributed by atoms with van der Waals surface area (Å²) in [4.78, 5) is 4.55. The number of nitrogens with one attached hydrogen (secondary N) is 1. The summed E-state index contributed by atoms with van der Waals surface area (Å²) in [5.74, 6) is 3.00. The number of aryl methyl sites for hydroxylation is 3. The van der Waals surface area contributed by atoms with Crippen molar-refractivity contribution in [1.82, 2.24) is 20.1 Å². The van der Waals surface area contributed by atoms with Crippen LogP contribution in [0.25, 0.3) is 0 Å². The molecule has 4 nitrogen and oxygen atoms in total. The van der Waals surface area contributed by atoms with Crippen LogP contribution < -0.4 is 5.32 Å². The van der Waals surface area contributed by atoms with E-state index in [9.17, 15) is 0 Å². The molecule has 0 radical (unpaired) electrons. The molecule has 0 atom stereocenters. The van der Waals surface area contributed by atoms with Crippen molar-refractivity contribution >= 4 is 0 Å². The Balaban J connectivity index is 1.85. The summed E-state index contributed by atoms with van der Waals surface area (Å²) >= 11 is 0.